The topological polar surface area (TPSA) is 77.1 Å². The van der Waals surface area contributed by atoms with Crippen molar-refractivity contribution in [2.45, 2.75) is 13.0 Å². The minimum atomic E-state index is -0.510. The van der Waals surface area contributed by atoms with Crippen molar-refractivity contribution in [3.63, 3.8) is 0 Å². The quantitative estimate of drug-likeness (QED) is 0.531. The Morgan fingerprint density at radius 2 is 2.19 bits per heavy atom. The molecule has 0 saturated carbocycles. The van der Waals surface area contributed by atoms with Crippen LogP contribution in [0.5, 0.6) is 0 Å². The summed E-state index contributed by atoms with van der Waals surface area (Å²) < 4.78 is 6.58. The molecule has 0 radical (unpaired) electrons. The second kappa shape index (κ2) is 7.06. The van der Waals surface area contributed by atoms with Gasteiger partial charge in [-0.2, -0.15) is 0 Å². The lowest BCUT2D eigenvalue weighted by Crippen LogP contribution is -2.19. The molecule has 0 spiro atoms. The number of thiazole rings is 1. The van der Waals surface area contributed by atoms with E-state index in [4.69, 9.17) is 16.0 Å². The Bertz CT molecular complexity index is 1130. The largest absolute Gasteiger partial charge is 0.419 e. The molecule has 1 aromatic carbocycles. The summed E-state index contributed by atoms with van der Waals surface area (Å²) in [6.07, 6.45) is 0.130. The van der Waals surface area contributed by atoms with Crippen molar-refractivity contribution < 1.29 is 9.21 Å². The van der Waals surface area contributed by atoms with Crippen LogP contribution in [0.3, 0.4) is 0 Å². The lowest BCUT2D eigenvalue weighted by molar-refractivity contribution is -0.116. The standard InChI is InChI=1S/C17H12ClN3O3S2/c18-10-3-4-12-13(8-10)24-17(23)21(12)6-5-15(22)20-16-19-11(9-26-16)14-2-1-7-25-14/h1-4,7-9H,5-6H2,(H,19,20,22). The molecule has 0 saturated heterocycles. The van der Waals surface area contributed by atoms with Crippen LogP contribution in [-0.4, -0.2) is 15.5 Å². The first-order valence-corrected chi connectivity index (χ1v) is 9.82. The molecule has 4 rings (SSSR count). The fraction of sp³-hybridized carbons (Fsp3) is 0.118. The van der Waals surface area contributed by atoms with Crippen LogP contribution >= 0.6 is 34.3 Å². The first kappa shape index (κ1) is 17.0. The maximum Gasteiger partial charge on any atom is 0.419 e. The number of carbonyl (C=O) groups is 1. The van der Waals surface area contributed by atoms with E-state index >= 15 is 0 Å². The summed E-state index contributed by atoms with van der Waals surface area (Å²) in [5.74, 6) is -0.725. The van der Waals surface area contributed by atoms with Crippen LogP contribution < -0.4 is 11.1 Å². The Morgan fingerprint density at radius 3 is 3.00 bits per heavy atom. The van der Waals surface area contributed by atoms with E-state index in [2.05, 4.69) is 10.3 Å². The van der Waals surface area contributed by atoms with E-state index < -0.39 is 5.76 Å². The average molecular weight is 406 g/mol. The first-order valence-electron chi connectivity index (χ1n) is 7.68. The number of benzene rings is 1. The molecule has 1 N–H and O–H groups in total. The summed E-state index contributed by atoms with van der Waals surface area (Å²) in [6.45, 7) is 0.211. The average Bonchev–Trinajstić information content (AvgIpc) is 3.32. The molecule has 9 heteroatoms. The zero-order valence-electron chi connectivity index (χ0n) is 13.3. The molecule has 4 aromatic rings. The third-order valence-corrected chi connectivity index (χ3v) is 5.60. The maximum atomic E-state index is 12.2. The van der Waals surface area contributed by atoms with Crippen molar-refractivity contribution in [3.8, 4) is 10.6 Å². The Morgan fingerprint density at radius 1 is 1.31 bits per heavy atom. The minimum Gasteiger partial charge on any atom is -0.408 e. The van der Waals surface area contributed by atoms with Crippen LogP contribution in [0.2, 0.25) is 5.02 Å². The number of halogens is 1. The van der Waals surface area contributed by atoms with Gasteiger partial charge in [-0.1, -0.05) is 17.7 Å². The van der Waals surface area contributed by atoms with E-state index in [1.165, 1.54) is 15.9 Å². The van der Waals surface area contributed by atoms with Crippen molar-refractivity contribution in [2.75, 3.05) is 5.32 Å². The van der Waals surface area contributed by atoms with Crippen molar-refractivity contribution in [1.82, 2.24) is 9.55 Å². The number of fused-ring (bicyclic) bond motifs is 1. The second-order valence-corrected chi connectivity index (χ2v) is 7.69. The third-order valence-electron chi connectivity index (χ3n) is 3.72. The molecule has 1 amide bonds. The van der Waals surface area contributed by atoms with Gasteiger partial charge in [0, 0.05) is 29.4 Å². The molecular weight excluding hydrogens is 394 g/mol. The number of aromatic nitrogens is 2. The van der Waals surface area contributed by atoms with Crippen molar-refractivity contribution >= 4 is 56.4 Å². The number of hydrogen-bond acceptors (Lipinski definition) is 6. The molecule has 132 valence electrons. The van der Waals surface area contributed by atoms with Gasteiger partial charge in [-0.3, -0.25) is 9.36 Å². The zero-order chi connectivity index (χ0) is 18.1. The molecule has 0 aliphatic rings. The monoisotopic (exact) mass is 405 g/mol. The Labute approximate surface area is 160 Å². The maximum absolute atomic E-state index is 12.2. The minimum absolute atomic E-state index is 0.130. The number of thiophene rings is 1. The molecule has 26 heavy (non-hydrogen) atoms. The van der Waals surface area contributed by atoms with Gasteiger partial charge < -0.3 is 9.73 Å². The summed E-state index contributed by atoms with van der Waals surface area (Å²) in [5, 5.41) is 7.67. The van der Waals surface area contributed by atoms with Gasteiger partial charge in [0.15, 0.2) is 10.7 Å². The number of carbonyl (C=O) groups excluding carboxylic acids is 1. The van der Waals surface area contributed by atoms with Crippen LogP contribution in [0.1, 0.15) is 6.42 Å². The predicted molar refractivity (Wildman–Crippen MR) is 104 cm³/mol. The van der Waals surface area contributed by atoms with Gasteiger partial charge in [-0.25, -0.2) is 9.78 Å². The number of oxazole rings is 1. The van der Waals surface area contributed by atoms with Gasteiger partial charge in [-0.15, -0.1) is 22.7 Å². The third kappa shape index (κ3) is 3.44. The summed E-state index contributed by atoms with van der Waals surface area (Å²) >= 11 is 8.86. The second-order valence-electron chi connectivity index (χ2n) is 5.45. The predicted octanol–water partition coefficient (Wildman–Crippen LogP) is 4.46. The molecule has 0 atom stereocenters. The van der Waals surface area contributed by atoms with Crippen LogP contribution in [0.15, 0.2) is 50.3 Å². The fourth-order valence-corrected chi connectivity index (χ4v) is 4.17. The van der Waals surface area contributed by atoms with E-state index in [0.717, 1.165) is 10.6 Å². The van der Waals surface area contributed by atoms with Gasteiger partial charge in [0.1, 0.15) is 0 Å². The number of nitrogens with zero attached hydrogens (tertiary/aromatic N) is 2. The highest BCUT2D eigenvalue weighted by atomic mass is 35.5. The number of amides is 1. The van der Waals surface area contributed by atoms with Crippen LogP contribution in [0.25, 0.3) is 21.7 Å². The lowest BCUT2D eigenvalue weighted by atomic mass is 10.3. The van der Waals surface area contributed by atoms with Crippen molar-refractivity contribution in [3.05, 3.63) is 56.7 Å². The van der Waals surface area contributed by atoms with E-state index in [-0.39, 0.29) is 18.9 Å². The number of rotatable bonds is 5. The molecule has 6 nitrogen and oxygen atoms in total. The molecule has 0 aliphatic heterocycles. The first-order chi connectivity index (χ1) is 12.6. The van der Waals surface area contributed by atoms with Crippen LogP contribution in [-0.2, 0) is 11.3 Å². The molecule has 0 aliphatic carbocycles. The highest BCUT2D eigenvalue weighted by molar-refractivity contribution is 7.16. The van der Waals surface area contributed by atoms with Crippen molar-refractivity contribution in [1.29, 1.82) is 0 Å². The smallest absolute Gasteiger partial charge is 0.408 e. The van der Waals surface area contributed by atoms with Gasteiger partial charge in [0.2, 0.25) is 5.91 Å². The summed E-state index contributed by atoms with van der Waals surface area (Å²) in [5.41, 5.74) is 1.86. The molecule has 0 fully saturated rings. The van der Waals surface area contributed by atoms with Gasteiger partial charge >= 0.3 is 5.76 Å². The van der Waals surface area contributed by atoms with Gasteiger partial charge in [-0.05, 0) is 23.6 Å². The fourth-order valence-electron chi connectivity index (χ4n) is 2.52. The molecule has 3 heterocycles. The Hall–Kier alpha value is -2.42. The zero-order valence-corrected chi connectivity index (χ0v) is 15.7. The number of hydrogen-bond donors (Lipinski definition) is 1. The number of nitrogens with one attached hydrogen (secondary N) is 1. The SMILES string of the molecule is O=C(CCn1c(=O)oc2cc(Cl)ccc21)Nc1nc(-c2cccs2)cs1. The molecule has 3 aromatic heterocycles. The summed E-state index contributed by atoms with van der Waals surface area (Å²) in [4.78, 5) is 29.6. The van der Waals surface area contributed by atoms with E-state index in [1.807, 2.05) is 22.9 Å². The molecular formula is C17H12ClN3O3S2. The van der Waals surface area contributed by atoms with E-state index in [1.54, 1.807) is 29.5 Å². The lowest BCUT2D eigenvalue weighted by Gasteiger charge is -2.03. The van der Waals surface area contributed by atoms with E-state index in [9.17, 15) is 9.59 Å². The molecule has 0 unspecified atom stereocenters. The molecule has 0 bridgehead atoms. The van der Waals surface area contributed by atoms with Gasteiger partial charge in [0.05, 0.1) is 16.1 Å². The van der Waals surface area contributed by atoms with Crippen LogP contribution in [0, 0.1) is 0 Å². The van der Waals surface area contributed by atoms with Crippen LogP contribution in [0.4, 0.5) is 5.13 Å². The van der Waals surface area contributed by atoms with E-state index in [0.29, 0.717) is 21.3 Å². The Balaban J connectivity index is 1.43. The number of anilines is 1. The van der Waals surface area contributed by atoms with Crippen molar-refractivity contribution in [2.24, 2.45) is 0 Å². The Kier molecular flexibility index (Phi) is 4.62. The summed E-state index contributed by atoms with van der Waals surface area (Å²) in [6, 6.07) is 8.90. The summed E-state index contributed by atoms with van der Waals surface area (Å²) in [7, 11) is 0. The highest BCUT2D eigenvalue weighted by Gasteiger charge is 2.13. The normalized spacial score (nSPS) is 11.1. The highest BCUT2D eigenvalue weighted by Crippen LogP contribution is 2.28. The number of aryl methyl sites for hydroxylation is 1. The van der Waals surface area contributed by atoms with Gasteiger partial charge in [0.25, 0.3) is 0 Å².